The van der Waals surface area contributed by atoms with E-state index in [9.17, 15) is 9.59 Å². The second-order valence-electron chi connectivity index (χ2n) is 3.59. The van der Waals surface area contributed by atoms with Crippen molar-refractivity contribution in [1.82, 2.24) is 9.80 Å². The Balaban J connectivity index is 2.74. The lowest BCUT2D eigenvalue weighted by atomic mass is 10.1. The van der Waals surface area contributed by atoms with Gasteiger partial charge in [0.1, 0.15) is 6.04 Å². The Hall–Kier alpha value is -1.14. The van der Waals surface area contributed by atoms with Crippen LogP contribution < -0.4 is 5.73 Å². The zero-order chi connectivity index (χ0) is 11.4. The predicted octanol–water partition coefficient (Wildman–Crippen LogP) is -1.74. The molecule has 86 valence electrons. The zero-order valence-electron chi connectivity index (χ0n) is 9.10. The molecule has 0 aliphatic carbocycles. The fourth-order valence-corrected chi connectivity index (χ4v) is 1.67. The Morgan fingerprint density at radius 2 is 2.13 bits per heavy atom. The number of methoxy groups -OCH3 is 1. The number of rotatable bonds is 2. The summed E-state index contributed by atoms with van der Waals surface area (Å²) in [6.07, 6.45) is 0. The molecule has 0 spiro atoms. The van der Waals surface area contributed by atoms with Crippen LogP contribution in [0.3, 0.4) is 0 Å². The number of piperazine rings is 1. The minimum absolute atomic E-state index is 0.0722. The third-order valence-electron chi connectivity index (χ3n) is 2.55. The van der Waals surface area contributed by atoms with Crippen molar-refractivity contribution < 1.29 is 14.3 Å². The fraction of sp³-hybridized carbons (Fsp3) is 0.778. The summed E-state index contributed by atoms with van der Waals surface area (Å²) < 4.78 is 4.66. The van der Waals surface area contributed by atoms with Gasteiger partial charge < -0.3 is 20.3 Å². The summed E-state index contributed by atoms with van der Waals surface area (Å²) in [5, 5.41) is 0. The minimum Gasteiger partial charge on any atom is -0.467 e. The summed E-state index contributed by atoms with van der Waals surface area (Å²) in [5.74, 6) is -0.596. The molecule has 0 aromatic carbocycles. The average molecular weight is 215 g/mol. The summed E-state index contributed by atoms with van der Waals surface area (Å²) in [4.78, 5) is 26.4. The van der Waals surface area contributed by atoms with Crippen LogP contribution >= 0.6 is 0 Å². The molecule has 1 fully saturated rings. The highest BCUT2D eigenvalue weighted by Crippen LogP contribution is 2.09. The first-order valence-electron chi connectivity index (χ1n) is 4.86. The van der Waals surface area contributed by atoms with Crippen LogP contribution in [0.25, 0.3) is 0 Å². The molecule has 15 heavy (non-hydrogen) atoms. The van der Waals surface area contributed by atoms with Crippen molar-refractivity contribution in [3.8, 4) is 0 Å². The molecule has 0 aromatic heterocycles. The normalized spacial score (nSPS) is 22.6. The number of hydrogen-bond acceptors (Lipinski definition) is 5. The van der Waals surface area contributed by atoms with Crippen molar-refractivity contribution in [2.45, 2.75) is 6.04 Å². The molecule has 0 unspecified atom stereocenters. The Bertz CT molecular complexity index is 257. The molecule has 1 aliphatic rings. The van der Waals surface area contributed by atoms with E-state index in [4.69, 9.17) is 5.73 Å². The molecule has 1 rings (SSSR count). The summed E-state index contributed by atoms with van der Waals surface area (Å²) in [6.45, 7) is 1.70. The van der Waals surface area contributed by atoms with E-state index in [1.807, 2.05) is 11.9 Å². The van der Waals surface area contributed by atoms with Crippen LogP contribution in [0, 0.1) is 0 Å². The van der Waals surface area contributed by atoms with Crippen molar-refractivity contribution in [3.63, 3.8) is 0 Å². The van der Waals surface area contributed by atoms with E-state index in [2.05, 4.69) is 4.74 Å². The lowest BCUT2D eigenvalue weighted by molar-refractivity contribution is -0.155. The van der Waals surface area contributed by atoms with Gasteiger partial charge in [0.25, 0.3) is 0 Å². The van der Waals surface area contributed by atoms with E-state index in [0.29, 0.717) is 13.1 Å². The monoisotopic (exact) mass is 215 g/mol. The maximum Gasteiger partial charge on any atom is 0.329 e. The first kappa shape index (κ1) is 11.9. The first-order chi connectivity index (χ1) is 7.10. The van der Waals surface area contributed by atoms with E-state index >= 15 is 0 Å². The number of carbonyl (C=O) groups is 2. The van der Waals surface area contributed by atoms with Crippen LogP contribution in [0.5, 0.6) is 0 Å². The van der Waals surface area contributed by atoms with E-state index in [0.717, 1.165) is 6.54 Å². The van der Waals surface area contributed by atoms with Crippen molar-refractivity contribution in [1.29, 1.82) is 0 Å². The molecule has 1 atom stereocenters. The molecule has 1 amide bonds. The number of esters is 1. The fourth-order valence-electron chi connectivity index (χ4n) is 1.67. The molecule has 2 N–H and O–H groups in total. The highest BCUT2D eigenvalue weighted by atomic mass is 16.5. The molecule has 0 saturated carbocycles. The summed E-state index contributed by atoms with van der Waals surface area (Å²) in [5.41, 5.74) is 5.28. The van der Waals surface area contributed by atoms with Crippen LogP contribution in [-0.2, 0) is 14.3 Å². The highest BCUT2D eigenvalue weighted by Gasteiger charge is 2.34. The standard InChI is InChI=1S/C9H17N3O3/c1-11-3-4-12(8(13)5-10)7(6-11)9(14)15-2/h7H,3-6,10H2,1-2H3/t7-/m0/s1. The Labute approximate surface area is 88.9 Å². The average Bonchev–Trinajstić information content (AvgIpc) is 2.26. The molecule has 1 saturated heterocycles. The number of ether oxygens (including phenoxy) is 1. The van der Waals surface area contributed by atoms with Gasteiger partial charge in [0.05, 0.1) is 13.7 Å². The second kappa shape index (κ2) is 5.09. The Morgan fingerprint density at radius 1 is 1.47 bits per heavy atom. The van der Waals surface area contributed by atoms with Crippen LogP contribution in [0.4, 0.5) is 0 Å². The largest absolute Gasteiger partial charge is 0.467 e. The van der Waals surface area contributed by atoms with Crippen LogP contribution in [-0.4, -0.2) is 68.1 Å². The number of hydrogen-bond donors (Lipinski definition) is 1. The molecule has 1 aliphatic heterocycles. The minimum atomic E-state index is -0.523. The predicted molar refractivity (Wildman–Crippen MR) is 54.1 cm³/mol. The van der Waals surface area contributed by atoms with Gasteiger partial charge in [0, 0.05) is 19.6 Å². The maximum absolute atomic E-state index is 11.5. The number of likely N-dealkylation sites (N-methyl/N-ethyl adjacent to an activating group) is 1. The highest BCUT2D eigenvalue weighted by molar-refractivity contribution is 5.85. The van der Waals surface area contributed by atoms with Crippen LogP contribution in [0.15, 0.2) is 0 Å². The van der Waals surface area contributed by atoms with Crippen LogP contribution in [0.2, 0.25) is 0 Å². The SMILES string of the molecule is COC(=O)[C@@H]1CN(C)CCN1C(=O)CN. The zero-order valence-corrected chi connectivity index (χ0v) is 9.10. The second-order valence-corrected chi connectivity index (χ2v) is 3.59. The molecule has 6 nitrogen and oxygen atoms in total. The molecule has 0 aromatic rings. The molecule has 0 radical (unpaired) electrons. The third kappa shape index (κ3) is 2.66. The number of nitrogens with two attached hydrogens (primary N) is 1. The van der Waals surface area contributed by atoms with Gasteiger partial charge >= 0.3 is 5.97 Å². The van der Waals surface area contributed by atoms with Crippen molar-refractivity contribution in [2.24, 2.45) is 5.73 Å². The number of nitrogens with zero attached hydrogens (tertiary/aromatic N) is 2. The quantitative estimate of drug-likeness (QED) is 0.553. The summed E-state index contributed by atoms with van der Waals surface area (Å²) in [7, 11) is 3.22. The summed E-state index contributed by atoms with van der Waals surface area (Å²) >= 11 is 0. The molecular weight excluding hydrogens is 198 g/mol. The molecule has 6 heteroatoms. The van der Waals surface area contributed by atoms with E-state index in [1.165, 1.54) is 12.0 Å². The van der Waals surface area contributed by atoms with E-state index < -0.39 is 6.04 Å². The Kier molecular flexibility index (Phi) is 4.05. The van der Waals surface area contributed by atoms with Gasteiger partial charge in [-0.2, -0.15) is 0 Å². The Morgan fingerprint density at radius 3 is 2.67 bits per heavy atom. The maximum atomic E-state index is 11.5. The van der Waals surface area contributed by atoms with E-state index in [-0.39, 0.29) is 18.4 Å². The van der Waals surface area contributed by atoms with Gasteiger partial charge in [-0.1, -0.05) is 0 Å². The van der Waals surface area contributed by atoms with Gasteiger partial charge in [-0.25, -0.2) is 4.79 Å². The topological polar surface area (TPSA) is 75.9 Å². The third-order valence-corrected chi connectivity index (χ3v) is 2.55. The molecule has 1 heterocycles. The van der Waals surface area contributed by atoms with Crippen LogP contribution in [0.1, 0.15) is 0 Å². The van der Waals surface area contributed by atoms with Gasteiger partial charge in [-0.05, 0) is 7.05 Å². The molecular formula is C9H17N3O3. The first-order valence-corrected chi connectivity index (χ1v) is 4.86. The lowest BCUT2D eigenvalue weighted by Gasteiger charge is -2.38. The van der Waals surface area contributed by atoms with Crippen molar-refractivity contribution in [3.05, 3.63) is 0 Å². The lowest BCUT2D eigenvalue weighted by Crippen LogP contribution is -2.58. The van der Waals surface area contributed by atoms with Crippen molar-refractivity contribution in [2.75, 3.05) is 40.3 Å². The van der Waals surface area contributed by atoms with Gasteiger partial charge in [0.2, 0.25) is 5.91 Å². The van der Waals surface area contributed by atoms with Gasteiger partial charge in [-0.15, -0.1) is 0 Å². The number of carbonyl (C=O) groups excluding carboxylic acids is 2. The summed E-state index contributed by atoms with van der Waals surface area (Å²) in [6, 6.07) is -0.523. The van der Waals surface area contributed by atoms with E-state index in [1.54, 1.807) is 0 Å². The molecule has 0 bridgehead atoms. The van der Waals surface area contributed by atoms with Gasteiger partial charge in [-0.3, -0.25) is 4.79 Å². The van der Waals surface area contributed by atoms with Crippen molar-refractivity contribution >= 4 is 11.9 Å². The smallest absolute Gasteiger partial charge is 0.329 e. The number of amides is 1. The van der Waals surface area contributed by atoms with Gasteiger partial charge in [0.15, 0.2) is 0 Å².